The summed E-state index contributed by atoms with van der Waals surface area (Å²) in [5, 5.41) is 2.51. The van der Waals surface area contributed by atoms with Gasteiger partial charge in [-0.25, -0.2) is 8.78 Å². The number of carbonyl (C=O) groups excluding carboxylic acids is 1. The molecule has 0 spiro atoms. The van der Waals surface area contributed by atoms with E-state index in [9.17, 15) is 13.6 Å². The van der Waals surface area contributed by atoms with Crippen molar-refractivity contribution < 1.29 is 13.6 Å². The molecule has 0 aliphatic rings. The van der Waals surface area contributed by atoms with Gasteiger partial charge < -0.3 is 11.1 Å². The maximum absolute atomic E-state index is 13.3. The summed E-state index contributed by atoms with van der Waals surface area (Å²) >= 11 is 0. The predicted molar refractivity (Wildman–Crippen MR) is 65.6 cm³/mol. The summed E-state index contributed by atoms with van der Waals surface area (Å²) < 4.78 is 26.2. The fourth-order valence-corrected chi connectivity index (χ4v) is 1.49. The fourth-order valence-electron chi connectivity index (χ4n) is 1.49. The summed E-state index contributed by atoms with van der Waals surface area (Å²) in [6, 6.07) is 2.49. The van der Waals surface area contributed by atoms with E-state index in [1.54, 1.807) is 0 Å². The van der Waals surface area contributed by atoms with Crippen molar-refractivity contribution in [2.45, 2.75) is 32.9 Å². The van der Waals surface area contributed by atoms with E-state index in [2.05, 4.69) is 5.32 Å². The van der Waals surface area contributed by atoms with Crippen molar-refractivity contribution in [3.8, 4) is 0 Å². The minimum Gasteiger partial charge on any atom is -0.351 e. The quantitative estimate of drug-likeness (QED) is 0.846. The van der Waals surface area contributed by atoms with Gasteiger partial charge in [0.1, 0.15) is 11.6 Å². The fraction of sp³-hybridized carbons (Fsp3) is 0.462. The summed E-state index contributed by atoms with van der Waals surface area (Å²) in [7, 11) is 0. The molecule has 5 heteroatoms. The molecule has 0 bridgehead atoms. The van der Waals surface area contributed by atoms with Crippen LogP contribution in [0.4, 0.5) is 8.78 Å². The van der Waals surface area contributed by atoms with E-state index in [0.717, 1.165) is 24.6 Å². The zero-order chi connectivity index (χ0) is 13.7. The maximum Gasteiger partial charge on any atom is 0.237 e. The third-order valence-electron chi connectivity index (χ3n) is 3.02. The molecule has 1 rings (SSSR count). The smallest absolute Gasteiger partial charge is 0.237 e. The Morgan fingerprint density at radius 1 is 1.44 bits per heavy atom. The van der Waals surface area contributed by atoms with Crippen LogP contribution in [0.25, 0.3) is 0 Å². The molecule has 1 aromatic carbocycles. The lowest BCUT2D eigenvalue weighted by molar-refractivity contribution is -0.123. The van der Waals surface area contributed by atoms with Gasteiger partial charge in [0.2, 0.25) is 5.91 Å². The third-order valence-corrected chi connectivity index (χ3v) is 3.02. The Morgan fingerprint density at radius 3 is 2.72 bits per heavy atom. The Balaban J connectivity index is 2.60. The van der Waals surface area contributed by atoms with Gasteiger partial charge in [0.25, 0.3) is 0 Å². The molecular formula is C13H18F2N2O. The molecule has 3 nitrogen and oxygen atoms in total. The van der Waals surface area contributed by atoms with Gasteiger partial charge in [-0.3, -0.25) is 4.79 Å². The molecule has 0 fully saturated rings. The highest BCUT2D eigenvalue weighted by atomic mass is 19.1. The molecule has 18 heavy (non-hydrogen) atoms. The molecule has 0 aromatic heterocycles. The van der Waals surface area contributed by atoms with Crippen LogP contribution in [0.3, 0.4) is 0 Å². The second kappa shape index (κ2) is 6.44. The van der Waals surface area contributed by atoms with Crippen LogP contribution in [0.5, 0.6) is 0 Å². The first kappa shape index (κ1) is 14.6. The summed E-state index contributed by atoms with van der Waals surface area (Å²) in [4.78, 5) is 11.7. The molecular weight excluding hydrogens is 238 g/mol. The van der Waals surface area contributed by atoms with Crippen LogP contribution in [-0.4, -0.2) is 11.9 Å². The molecule has 0 aliphatic carbocycles. The summed E-state index contributed by atoms with van der Waals surface area (Å²) in [6.07, 6.45) is 0.781. The highest BCUT2D eigenvalue weighted by Gasteiger charge is 2.19. The van der Waals surface area contributed by atoms with E-state index >= 15 is 0 Å². The Hall–Kier alpha value is -1.49. The lowest BCUT2D eigenvalue weighted by Crippen LogP contribution is -2.44. The first-order valence-electron chi connectivity index (χ1n) is 5.93. The highest BCUT2D eigenvalue weighted by Crippen LogP contribution is 2.10. The maximum atomic E-state index is 13.3. The molecule has 1 amide bonds. The second-order valence-electron chi connectivity index (χ2n) is 4.36. The summed E-state index contributed by atoms with van der Waals surface area (Å²) in [6.45, 7) is 3.74. The number of carbonyl (C=O) groups is 1. The number of benzene rings is 1. The molecule has 0 saturated carbocycles. The monoisotopic (exact) mass is 256 g/mol. The molecule has 0 aliphatic heterocycles. The van der Waals surface area contributed by atoms with Gasteiger partial charge >= 0.3 is 0 Å². The number of nitrogens with two attached hydrogens (primary N) is 1. The zero-order valence-electron chi connectivity index (χ0n) is 10.5. The Morgan fingerprint density at radius 2 is 2.11 bits per heavy atom. The van der Waals surface area contributed by atoms with Crippen LogP contribution in [0.1, 0.15) is 25.8 Å². The van der Waals surface area contributed by atoms with Crippen LogP contribution in [0.2, 0.25) is 0 Å². The van der Waals surface area contributed by atoms with Gasteiger partial charge in [0.15, 0.2) is 0 Å². The van der Waals surface area contributed by atoms with Gasteiger partial charge in [0, 0.05) is 12.1 Å². The van der Waals surface area contributed by atoms with Gasteiger partial charge in [-0.1, -0.05) is 20.3 Å². The molecule has 0 heterocycles. The Kier molecular flexibility index (Phi) is 5.22. The minimum absolute atomic E-state index is 0.0438. The largest absolute Gasteiger partial charge is 0.351 e. The minimum atomic E-state index is -0.633. The highest BCUT2D eigenvalue weighted by molar-refractivity contribution is 5.81. The van der Waals surface area contributed by atoms with Crippen molar-refractivity contribution in [2.24, 2.45) is 11.7 Å². The lowest BCUT2D eigenvalue weighted by Gasteiger charge is -2.17. The average Bonchev–Trinajstić information content (AvgIpc) is 2.37. The third kappa shape index (κ3) is 3.77. The normalized spacial score (nSPS) is 14.1. The number of halogens is 2. The van der Waals surface area contributed by atoms with E-state index in [4.69, 9.17) is 5.73 Å². The van der Waals surface area contributed by atoms with E-state index in [-0.39, 0.29) is 23.9 Å². The second-order valence-corrected chi connectivity index (χ2v) is 4.36. The SMILES string of the molecule is CC[C@H](C)[C@H](N)C(=O)NCc1cc(F)ccc1F. The van der Waals surface area contributed by atoms with Crippen molar-refractivity contribution in [1.82, 2.24) is 5.32 Å². The van der Waals surface area contributed by atoms with Crippen LogP contribution >= 0.6 is 0 Å². The average molecular weight is 256 g/mol. The van der Waals surface area contributed by atoms with E-state index < -0.39 is 17.7 Å². The van der Waals surface area contributed by atoms with E-state index in [0.29, 0.717) is 0 Å². The number of rotatable bonds is 5. The molecule has 2 atom stereocenters. The Bertz CT molecular complexity index is 423. The predicted octanol–water partition coefficient (Wildman–Crippen LogP) is 1.95. The molecule has 100 valence electrons. The van der Waals surface area contributed by atoms with E-state index in [1.165, 1.54) is 0 Å². The molecule has 0 radical (unpaired) electrons. The molecule has 0 unspecified atom stereocenters. The molecule has 1 aromatic rings. The summed E-state index contributed by atoms with van der Waals surface area (Å²) in [5.74, 6) is -1.39. The van der Waals surface area contributed by atoms with Crippen LogP contribution in [0, 0.1) is 17.6 Å². The Labute approximate surface area is 105 Å². The number of nitrogens with one attached hydrogen (secondary N) is 1. The van der Waals surface area contributed by atoms with Crippen LogP contribution < -0.4 is 11.1 Å². The van der Waals surface area contributed by atoms with Crippen molar-refractivity contribution in [3.63, 3.8) is 0 Å². The van der Waals surface area contributed by atoms with Crippen molar-refractivity contribution in [3.05, 3.63) is 35.4 Å². The topological polar surface area (TPSA) is 55.1 Å². The van der Waals surface area contributed by atoms with Gasteiger partial charge in [-0.2, -0.15) is 0 Å². The van der Waals surface area contributed by atoms with E-state index in [1.807, 2.05) is 13.8 Å². The summed E-state index contributed by atoms with van der Waals surface area (Å²) in [5.41, 5.74) is 5.83. The number of hydrogen-bond donors (Lipinski definition) is 2. The van der Waals surface area contributed by atoms with Gasteiger partial charge in [-0.05, 0) is 24.1 Å². The zero-order valence-corrected chi connectivity index (χ0v) is 10.5. The van der Waals surface area contributed by atoms with Gasteiger partial charge in [-0.15, -0.1) is 0 Å². The van der Waals surface area contributed by atoms with Crippen molar-refractivity contribution in [2.75, 3.05) is 0 Å². The first-order valence-corrected chi connectivity index (χ1v) is 5.93. The first-order chi connectivity index (χ1) is 8.45. The van der Waals surface area contributed by atoms with Gasteiger partial charge in [0.05, 0.1) is 6.04 Å². The number of amides is 1. The number of hydrogen-bond acceptors (Lipinski definition) is 2. The van der Waals surface area contributed by atoms with Crippen molar-refractivity contribution >= 4 is 5.91 Å². The standard InChI is InChI=1S/C13H18F2N2O/c1-3-8(2)12(16)13(18)17-7-9-6-10(14)4-5-11(9)15/h4-6,8,12H,3,7,16H2,1-2H3,(H,17,18)/t8-,12-/m0/s1. The molecule has 0 saturated heterocycles. The lowest BCUT2D eigenvalue weighted by atomic mass is 9.99. The van der Waals surface area contributed by atoms with Crippen LogP contribution in [0.15, 0.2) is 18.2 Å². The van der Waals surface area contributed by atoms with Crippen LogP contribution in [-0.2, 0) is 11.3 Å². The molecule has 3 N–H and O–H groups in total. The van der Waals surface area contributed by atoms with Crippen molar-refractivity contribution in [1.29, 1.82) is 0 Å².